The molecule has 0 amide bonds. The van der Waals surface area contributed by atoms with Crippen LogP contribution in [0.2, 0.25) is 0 Å². The van der Waals surface area contributed by atoms with Crippen molar-refractivity contribution in [2.45, 2.75) is 26.2 Å². The summed E-state index contributed by atoms with van der Waals surface area (Å²) in [5.74, 6) is 0.484. The predicted octanol–water partition coefficient (Wildman–Crippen LogP) is 1.53. The molecule has 0 saturated carbocycles. The predicted molar refractivity (Wildman–Crippen MR) is 74.9 cm³/mol. The van der Waals surface area contributed by atoms with Crippen molar-refractivity contribution >= 4 is 11.8 Å². The van der Waals surface area contributed by atoms with Crippen molar-refractivity contribution in [2.24, 2.45) is 5.92 Å². The zero-order valence-corrected chi connectivity index (χ0v) is 12.0. The van der Waals surface area contributed by atoms with Gasteiger partial charge >= 0.3 is 5.97 Å². The number of carboxylic acid groups (broad SMARTS) is 1. The highest BCUT2D eigenvalue weighted by molar-refractivity contribution is 5.73. The van der Waals surface area contributed by atoms with E-state index in [4.69, 9.17) is 9.84 Å². The van der Waals surface area contributed by atoms with Crippen molar-refractivity contribution in [1.82, 2.24) is 9.97 Å². The first-order valence-corrected chi connectivity index (χ1v) is 6.92. The first kappa shape index (κ1) is 14.7. The van der Waals surface area contributed by atoms with Gasteiger partial charge in [0.25, 0.3) is 0 Å². The number of aromatic nitrogens is 2. The lowest BCUT2D eigenvalue weighted by atomic mass is 10.0. The molecule has 0 unspecified atom stereocenters. The fourth-order valence-corrected chi connectivity index (χ4v) is 2.37. The Labute approximate surface area is 118 Å². The number of hydrogen-bond donors (Lipinski definition) is 1. The van der Waals surface area contributed by atoms with E-state index in [9.17, 15) is 4.79 Å². The molecule has 1 aromatic heterocycles. The molecule has 2 heterocycles. The van der Waals surface area contributed by atoms with Crippen LogP contribution < -0.4 is 4.90 Å². The highest BCUT2D eigenvalue weighted by Crippen LogP contribution is 2.25. The summed E-state index contributed by atoms with van der Waals surface area (Å²) in [5, 5.41) is 9.03. The van der Waals surface area contributed by atoms with Crippen LogP contribution in [-0.2, 0) is 9.53 Å². The van der Waals surface area contributed by atoms with E-state index in [0.29, 0.717) is 30.8 Å². The molecule has 2 rings (SSSR count). The third-order valence-corrected chi connectivity index (χ3v) is 3.26. The van der Waals surface area contributed by atoms with Crippen LogP contribution in [0, 0.1) is 5.92 Å². The summed E-state index contributed by atoms with van der Waals surface area (Å²) in [6.07, 6.45) is 2.47. The maximum atomic E-state index is 11.0. The summed E-state index contributed by atoms with van der Waals surface area (Å²) in [6.45, 7) is 6.16. The lowest BCUT2D eigenvalue weighted by Crippen LogP contribution is -2.33. The number of carboxylic acids is 1. The molecule has 0 radical (unpaired) electrons. The normalized spacial score (nSPS) is 18.4. The van der Waals surface area contributed by atoms with E-state index in [0.717, 1.165) is 18.7 Å². The second kappa shape index (κ2) is 6.65. The topological polar surface area (TPSA) is 75.6 Å². The molecule has 1 aliphatic rings. The van der Waals surface area contributed by atoms with Gasteiger partial charge in [0.05, 0.1) is 12.3 Å². The number of ether oxygens (including phenoxy) is 1. The van der Waals surface area contributed by atoms with Crippen molar-refractivity contribution in [3.8, 4) is 0 Å². The molecule has 110 valence electrons. The van der Waals surface area contributed by atoms with Crippen LogP contribution in [0.25, 0.3) is 0 Å². The van der Waals surface area contributed by atoms with Crippen LogP contribution in [0.1, 0.15) is 31.9 Å². The average molecular weight is 279 g/mol. The number of carbonyl (C=O) groups is 1. The van der Waals surface area contributed by atoms with E-state index in [1.54, 1.807) is 4.90 Å². The van der Waals surface area contributed by atoms with E-state index in [2.05, 4.69) is 23.8 Å². The van der Waals surface area contributed by atoms with Crippen LogP contribution in [0.15, 0.2) is 12.4 Å². The molecule has 0 bridgehead atoms. The molecule has 6 heteroatoms. The summed E-state index contributed by atoms with van der Waals surface area (Å²) in [7, 11) is 0. The Morgan fingerprint density at radius 2 is 2.35 bits per heavy atom. The average Bonchev–Trinajstić information content (AvgIpc) is 2.91. The standard InChI is InChI=1S/C14H21N3O3/c1-10(2)6-17(7-14(18)19)13-5-12(15-9-16-13)11-3-4-20-8-11/h5,9-11H,3-4,6-8H2,1-2H3,(H,18,19)/t11-/m1/s1. The molecular weight excluding hydrogens is 258 g/mol. The minimum atomic E-state index is -0.852. The van der Waals surface area contributed by atoms with Crippen molar-refractivity contribution < 1.29 is 14.6 Å². The first-order chi connectivity index (χ1) is 9.56. The van der Waals surface area contributed by atoms with Gasteiger partial charge in [-0.05, 0) is 12.3 Å². The zero-order chi connectivity index (χ0) is 14.5. The monoisotopic (exact) mass is 279 g/mol. The third-order valence-electron chi connectivity index (χ3n) is 3.26. The number of hydrogen-bond acceptors (Lipinski definition) is 5. The Morgan fingerprint density at radius 1 is 1.55 bits per heavy atom. The van der Waals surface area contributed by atoms with Crippen molar-refractivity contribution in [1.29, 1.82) is 0 Å². The van der Waals surface area contributed by atoms with Gasteiger partial charge in [0.15, 0.2) is 0 Å². The molecule has 1 N–H and O–H groups in total. The molecular formula is C14H21N3O3. The Balaban J connectivity index is 2.18. The van der Waals surface area contributed by atoms with E-state index in [1.165, 1.54) is 6.33 Å². The van der Waals surface area contributed by atoms with Gasteiger partial charge in [0, 0.05) is 25.1 Å². The molecule has 1 aliphatic heterocycles. The van der Waals surface area contributed by atoms with Gasteiger partial charge in [-0.15, -0.1) is 0 Å². The molecule has 6 nitrogen and oxygen atoms in total. The molecule has 0 aliphatic carbocycles. The Kier molecular flexibility index (Phi) is 4.89. The highest BCUT2D eigenvalue weighted by atomic mass is 16.5. The second-order valence-corrected chi connectivity index (χ2v) is 5.53. The number of anilines is 1. The molecule has 0 aromatic carbocycles. The number of aliphatic carboxylic acids is 1. The van der Waals surface area contributed by atoms with Crippen molar-refractivity contribution in [2.75, 3.05) is 31.2 Å². The van der Waals surface area contributed by atoms with Crippen LogP contribution in [-0.4, -0.2) is 47.3 Å². The highest BCUT2D eigenvalue weighted by Gasteiger charge is 2.21. The van der Waals surface area contributed by atoms with E-state index >= 15 is 0 Å². The first-order valence-electron chi connectivity index (χ1n) is 6.92. The number of rotatable bonds is 6. The smallest absolute Gasteiger partial charge is 0.323 e. The largest absolute Gasteiger partial charge is 0.480 e. The summed E-state index contributed by atoms with van der Waals surface area (Å²) in [5.41, 5.74) is 0.937. The van der Waals surface area contributed by atoms with Gasteiger partial charge in [-0.3, -0.25) is 4.79 Å². The second-order valence-electron chi connectivity index (χ2n) is 5.53. The van der Waals surface area contributed by atoms with Gasteiger partial charge in [-0.2, -0.15) is 0 Å². The molecule has 1 atom stereocenters. The molecule has 20 heavy (non-hydrogen) atoms. The quantitative estimate of drug-likeness (QED) is 0.851. The fourth-order valence-electron chi connectivity index (χ4n) is 2.37. The van der Waals surface area contributed by atoms with Gasteiger partial charge in [0.1, 0.15) is 18.7 Å². The van der Waals surface area contributed by atoms with Gasteiger partial charge < -0.3 is 14.7 Å². The molecule has 0 spiro atoms. The van der Waals surface area contributed by atoms with Crippen LogP contribution >= 0.6 is 0 Å². The van der Waals surface area contributed by atoms with E-state index in [1.807, 2.05) is 6.07 Å². The number of nitrogens with zero attached hydrogens (tertiary/aromatic N) is 3. The molecule has 1 saturated heterocycles. The maximum Gasteiger partial charge on any atom is 0.323 e. The summed E-state index contributed by atoms with van der Waals surface area (Å²) in [6, 6.07) is 1.89. The lowest BCUT2D eigenvalue weighted by molar-refractivity contribution is -0.135. The molecule has 1 fully saturated rings. The fraction of sp³-hybridized carbons (Fsp3) is 0.643. The zero-order valence-electron chi connectivity index (χ0n) is 12.0. The van der Waals surface area contributed by atoms with E-state index in [-0.39, 0.29) is 6.54 Å². The van der Waals surface area contributed by atoms with Gasteiger partial charge in [0.2, 0.25) is 0 Å². The van der Waals surface area contributed by atoms with Crippen molar-refractivity contribution in [3.63, 3.8) is 0 Å². The summed E-state index contributed by atoms with van der Waals surface area (Å²) < 4.78 is 5.37. The Bertz CT molecular complexity index is 459. The Hall–Kier alpha value is -1.69. The minimum absolute atomic E-state index is 0.0458. The van der Waals surface area contributed by atoms with Crippen LogP contribution in [0.4, 0.5) is 5.82 Å². The Morgan fingerprint density at radius 3 is 2.95 bits per heavy atom. The summed E-state index contributed by atoms with van der Waals surface area (Å²) in [4.78, 5) is 21.3. The maximum absolute atomic E-state index is 11.0. The third kappa shape index (κ3) is 3.90. The summed E-state index contributed by atoms with van der Waals surface area (Å²) >= 11 is 0. The van der Waals surface area contributed by atoms with Gasteiger partial charge in [-0.1, -0.05) is 13.8 Å². The van der Waals surface area contributed by atoms with E-state index < -0.39 is 5.97 Å². The van der Waals surface area contributed by atoms with Crippen molar-refractivity contribution in [3.05, 3.63) is 18.1 Å². The van der Waals surface area contributed by atoms with Crippen LogP contribution in [0.3, 0.4) is 0 Å². The van der Waals surface area contributed by atoms with Crippen LogP contribution in [0.5, 0.6) is 0 Å². The SMILES string of the molecule is CC(C)CN(CC(=O)O)c1cc([C@@H]2CCOC2)ncn1. The lowest BCUT2D eigenvalue weighted by Gasteiger charge is -2.24. The molecule has 1 aromatic rings. The van der Waals surface area contributed by atoms with Gasteiger partial charge in [-0.25, -0.2) is 9.97 Å². The minimum Gasteiger partial charge on any atom is -0.480 e.